The van der Waals surface area contributed by atoms with Crippen LogP contribution in [0.4, 0.5) is 5.13 Å². The number of halogens is 2. The van der Waals surface area contributed by atoms with Gasteiger partial charge in [0.15, 0.2) is 5.13 Å². The summed E-state index contributed by atoms with van der Waals surface area (Å²) in [5, 5.41) is 12.1. The number of aldehydes is 1. The second-order valence-electron chi connectivity index (χ2n) is 5.95. The minimum absolute atomic E-state index is 0.109. The number of nitrogens with one attached hydrogen (secondary N) is 1. The zero-order chi connectivity index (χ0) is 21.2. The van der Waals surface area contributed by atoms with Crippen molar-refractivity contribution in [2.45, 2.75) is 10.6 Å². The number of carbonyl (C=O) groups excluding carboxylic acids is 1. The van der Waals surface area contributed by atoms with Crippen molar-refractivity contribution in [1.82, 2.24) is 4.98 Å². The smallest absolute Gasteiger partial charge is 0.184 e. The van der Waals surface area contributed by atoms with Crippen molar-refractivity contribution in [1.29, 1.82) is 0 Å². The van der Waals surface area contributed by atoms with Gasteiger partial charge >= 0.3 is 0 Å². The normalized spacial score (nSPS) is 11.3. The van der Waals surface area contributed by atoms with Crippen LogP contribution in [-0.2, 0) is 11.2 Å². The first-order valence-electron chi connectivity index (χ1n) is 8.78. The van der Waals surface area contributed by atoms with Gasteiger partial charge < -0.3 is 15.2 Å². The SMILES string of the molecule is CO.CSc1sc(NCC(C=O)Cc2ccccc2)nc1-c1ccc(Cl)c(Cl)c1. The molecule has 0 bridgehead atoms. The molecule has 8 heteroatoms. The molecule has 0 saturated carbocycles. The van der Waals surface area contributed by atoms with Gasteiger partial charge in [-0.15, -0.1) is 11.8 Å². The van der Waals surface area contributed by atoms with Crippen molar-refractivity contribution < 1.29 is 9.90 Å². The molecule has 0 fully saturated rings. The number of rotatable bonds is 8. The number of hydrogen-bond acceptors (Lipinski definition) is 6. The summed E-state index contributed by atoms with van der Waals surface area (Å²) in [6.45, 7) is 0.542. The molecule has 0 aliphatic rings. The number of nitrogens with zero attached hydrogens (tertiary/aromatic N) is 1. The highest BCUT2D eigenvalue weighted by atomic mass is 35.5. The fourth-order valence-corrected chi connectivity index (χ4v) is 4.60. The Morgan fingerprint density at radius 3 is 2.52 bits per heavy atom. The summed E-state index contributed by atoms with van der Waals surface area (Å²) in [5.41, 5.74) is 2.95. The van der Waals surface area contributed by atoms with E-state index < -0.39 is 0 Å². The van der Waals surface area contributed by atoms with Gasteiger partial charge in [-0.3, -0.25) is 0 Å². The Balaban J connectivity index is 0.00000145. The predicted molar refractivity (Wildman–Crippen MR) is 126 cm³/mol. The molecular formula is C21H22Cl2N2O2S2. The Labute approximate surface area is 189 Å². The number of benzene rings is 2. The molecule has 4 nitrogen and oxygen atoms in total. The molecule has 154 valence electrons. The third-order valence-corrected chi connectivity index (χ3v) is 6.88. The Kier molecular flexibility index (Phi) is 9.97. The van der Waals surface area contributed by atoms with Crippen LogP contribution < -0.4 is 5.32 Å². The van der Waals surface area contributed by atoms with E-state index in [0.29, 0.717) is 23.0 Å². The van der Waals surface area contributed by atoms with Crippen LogP contribution >= 0.6 is 46.3 Å². The van der Waals surface area contributed by atoms with Crippen LogP contribution in [0.25, 0.3) is 11.3 Å². The molecule has 1 atom stereocenters. The van der Waals surface area contributed by atoms with Crippen molar-refractivity contribution >= 4 is 57.7 Å². The van der Waals surface area contributed by atoms with Gasteiger partial charge in [0.25, 0.3) is 0 Å². The lowest BCUT2D eigenvalue weighted by molar-refractivity contribution is -0.110. The summed E-state index contributed by atoms with van der Waals surface area (Å²) in [5.74, 6) is -0.109. The number of anilines is 1. The second kappa shape index (κ2) is 12.2. The lowest BCUT2D eigenvalue weighted by atomic mass is 10.0. The maximum absolute atomic E-state index is 11.5. The van der Waals surface area contributed by atoms with Crippen molar-refractivity contribution in [3.8, 4) is 11.3 Å². The minimum atomic E-state index is -0.109. The molecule has 0 spiro atoms. The van der Waals surface area contributed by atoms with E-state index in [1.54, 1.807) is 29.2 Å². The summed E-state index contributed by atoms with van der Waals surface area (Å²) < 4.78 is 1.08. The van der Waals surface area contributed by atoms with E-state index in [9.17, 15) is 4.79 Å². The van der Waals surface area contributed by atoms with Crippen LogP contribution in [0.15, 0.2) is 52.7 Å². The van der Waals surface area contributed by atoms with Crippen LogP contribution in [0, 0.1) is 5.92 Å². The van der Waals surface area contributed by atoms with Crippen LogP contribution in [0.2, 0.25) is 10.0 Å². The molecule has 0 radical (unpaired) electrons. The Morgan fingerprint density at radius 2 is 1.90 bits per heavy atom. The Hall–Kier alpha value is -1.57. The molecule has 2 aromatic carbocycles. The molecule has 1 heterocycles. The van der Waals surface area contributed by atoms with Gasteiger partial charge in [-0.1, -0.05) is 70.9 Å². The van der Waals surface area contributed by atoms with Crippen molar-refractivity contribution in [3.63, 3.8) is 0 Å². The van der Waals surface area contributed by atoms with E-state index >= 15 is 0 Å². The number of thioether (sulfide) groups is 1. The summed E-state index contributed by atoms with van der Waals surface area (Å²) in [6.07, 6.45) is 3.72. The lowest BCUT2D eigenvalue weighted by Crippen LogP contribution is -2.18. The Morgan fingerprint density at radius 1 is 1.17 bits per heavy atom. The third kappa shape index (κ3) is 6.73. The summed E-state index contributed by atoms with van der Waals surface area (Å²) >= 11 is 15.4. The standard InChI is InChI=1S/C20H18Cl2N2OS2.CH4O/c1-26-19-18(15-7-8-16(21)17(22)10-15)24-20(27-19)23-11-14(12-25)9-13-5-3-2-4-6-13;1-2/h2-8,10,12,14H,9,11H2,1H3,(H,23,24);2H,1H3. The average Bonchev–Trinajstić information content (AvgIpc) is 3.18. The first kappa shape index (κ1) is 23.7. The quantitative estimate of drug-likeness (QED) is 0.317. The highest BCUT2D eigenvalue weighted by molar-refractivity contribution is 8.00. The number of aromatic nitrogens is 1. The molecule has 0 amide bonds. The van der Waals surface area contributed by atoms with Gasteiger partial charge in [-0.2, -0.15) is 0 Å². The molecule has 1 unspecified atom stereocenters. The number of carbonyl (C=O) groups is 1. The fraction of sp³-hybridized carbons (Fsp3) is 0.238. The zero-order valence-corrected chi connectivity index (χ0v) is 19.2. The average molecular weight is 469 g/mol. The summed E-state index contributed by atoms with van der Waals surface area (Å²) in [6, 6.07) is 15.5. The van der Waals surface area contributed by atoms with E-state index in [-0.39, 0.29) is 5.92 Å². The Bertz CT molecular complexity index is 920. The first-order chi connectivity index (χ1) is 14.1. The number of hydrogen-bond donors (Lipinski definition) is 2. The van der Waals surface area contributed by atoms with E-state index in [1.165, 1.54) is 0 Å². The zero-order valence-electron chi connectivity index (χ0n) is 16.1. The van der Waals surface area contributed by atoms with Crippen molar-refractivity contribution in [3.05, 3.63) is 64.1 Å². The van der Waals surface area contributed by atoms with E-state index in [1.807, 2.05) is 48.7 Å². The lowest BCUT2D eigenvalue weighted by Gasteiger charge is -2.10. The molecule has 3 rings (SSSR count). The largest absolute Gasteiger partial charge is 0.400 e. The van der Waals surface area contributed by atoms with Crippen molar-refractivity contribution in [2.75, 3.05) is 25.2 Å². The van der Waals surface area contributed by atoms with Crippen LogP contribution in [0.1, 0.15) is 5.56 Å². The number of thiazole rings is 1. The molecule has 0 saturated heterocycles. The van der Waals surface area contributed by atoms with Gasteiger partial charge in [0.1, 0.15) is 6.29 Å². The van der Waals surface area contributed by atoms with E-state index in [0.717, 1.165) is 39.6 Å². The fourth-order valence-electron chi connectivity index (χ4n) is 2.65. The first-order valence-corrected chi connectivity index (χ1v) is 11.6. The van der Waals surface area contributed by atoms with Crippen LogP contribution in [0.5, 0.6) is 0 Å². The molecule has 3 aromatic rings. The molecular weight excluding hydrogens is 447 g/mol. The maximum atomic E-state index is 11.5. The summed E-state index contributed by atoms with van der Waals surface area (Å²) in [4.78, 5) is 16.2. The molecule has 29 heavy (non-hydrogen) atoms. The molecule has 0 aliphatic heterocycles. The number of aliphatic hydroxyl groups is 1. The maximum Gasteiger partial charge on any atom is 0.184 e. The van der Waals surface area contributed by atoms with Crippen LogP contribution in [0.3, 0.4) is 0 Å². The predicted octanol–water partition coefficient (Wildman–Crippen LogP) is 5.92. The topological polar surface area (TPSA) is 62.2 Å². The third-order valence-electron chi connectivity index (χ3n) is 4.02. The molecule has 0 aliphatic carbocycles. The van der Waals surface area contributed by atoms with E-state index in [2.05, 4.69) is 5.32 Å². The monoisotopic (exact) mass is 468 g/mol. The summed E-state index contributed by atoms with van der Waals surface area (Å²) in [7, 11) is 1.00. The second-order valence-corrected chi connectivity index (χ2v) is 8.84. The van der Waals surface area contributed by atoms with Gasteiger partial charge in [0.05, 0.1) is 19.9 Å². The van der Waals surface area contributed by atoms with Crippen LogP contribution in [-0.4, -0.2) is 36.3 Å². The van der Waals surface area contributed by atoms with E-state index in [4.69, 9.17) is 33.3 Å². The van der Waals surface area contributed by atoms with Gasteiger partial charge in [-0.05, 0) is 30.4 Å². The number of aliphatic hydroxyl groups excluding tert-OH is 1. The minimum Gasteiger partial charge on any atom is -0.400 e. The van der Waals surface area contributed by atoms with Crippen molar-refractivity contribution in [2.24, 2.45) is 5.92 Å². The molecule has 2 N–H and O–H groups in total. The highest BCUT2D eigenvalue weighted by Gasteiger charge is 2.15. The molecule has 1 aromatic heterocycles. The van der Waals surface area contributed by atoms with Gasteiger partial charge in [0.2, 0.25) is 0 Å². The highest BCUT2D eigenvalue weighted by Crippen LogP contribution is 2.39. The van der Waals surface area contributed by atoms with Gasteiger partial charge in [0, 0.05) is 25.1 Å². The van der Waals surface area contributed by atoms with Gasteiger partial charge in [-0.25, -0.2) is 4.98 Å².